The predicted molar refractivity (Wildman–Crippen MR) is 208 cm³/mol. The van der Waals surface area contributed by atoms with Crippen molar-refractivity contribution in [1.82, 2.24) is 24.9 Å². The number of nitrogens with one attached hydrogen (secondary N) is 1. The van der Waals surface area contributed by atoms with E-state index in [-0.39, 0.29) is 37.5 Å². The van der Waals surface area contributed by atoms with Gasteiger partial charge in [-0.1, -0.05) is 104 Å². The second kappa shape index (κ2) is 18.0. The lowest BCUT2D eigenvalue weighted by molar-refractivity contribution is -0.163. The fourth-order valence-corrected chi connectivity index (χ4v) is 8.70. The monoisotopic (exact) mass is 785 g/mol. The SMILES string of the molecule is O=C(NCc1cccc(C(F)(F)F)c1)[C@H](CCC(=O)N1CCN(CC2CCCCC2)CC1)N1C(=O)[C@@H](N2C(=O)OC[C@@H]2c2ccccc2)[C@H]1/C=C/c1ccccc1. The number of carbonyl (C=O) groups excluding carboxylic acids is 4. The number of hydrogen-bond donors (Lipinski definition) is 1. The molecule has 302 valence electrons. The van der Waals surface area contributed by atoms with Gasteiger partial charge < -0.3 is 19.9 Å². The lowest BCUT2D eigenvalue weighted by Crippen LogP contribution is -2.74. The van der Waals surface area contributed by atoms with Crippen LogP contribution in [-0.4, -0.2) is 101 Å². The van der Waals surface area contributed by atoms with E-state index in [2.05, 4.69) is 10.2 Å². The van der Waals surface area contributed by atoms with Gasteiger partial charge in [-0.3, -0.25) is 24.2 Å². The van der Waals surface area contributed by atoms with E-state index in [4.69, 9.17) is 4.74 Å². The van der Waals surface area contributed by atoms with Gasteiger partial charge >= 0.3 is 12.3 Å². The lowest BCUT2D eigenvalue weighted by Gasteiger charge is -2.52. The van der Waals surface area contributed by atoms with Crippen LogP contribution in [0.15, 0.2) is 91.0 Å². The zero-order chi connectivity index (χ0) is 39.9. The number of piperazine rings is 1. The third-order valence-corrected chi connectivity index (χ3v) is 11.8. The summed E-state index contributed by atoms with van der Waals surface area (Å²) < 4.78 is 46.0. The van der Waals surface area contributed by atoms with Crippen molar-refractivity contribution in [2.24, 2.45) is 5.92 Å². The highest BCUT2D eigenvalue weighted by Crippen LogP contribution is 2.39. The molecular weight excluding hydrogens is 736 g/mol. The minimum atomic E-state index is -4.56. The second-order valence-electron chi connectivity index (χ2n) is 15.5. The summed E-state index contributed by atoms with van der Waals surface area (Å²) in [5.74, 6) is -0.522. The summed E-state index contributed by atoms with van der Waals surface area (Å²) in [5, 5.41) is 2.76. The van der Waals surface area contributed by atoms with Gasteiger partial charge in [-0.25, -0.2) is 4.79 Å². The average molecular weight is 786 g/mol. The zero-order valence-corrected chi connectivity index (χ0v) is 32.0. The average Bonchev–Trinajstić information content (AvgIpc) is 3.60. The van der Waals surface area contributed by atoms with E-state index in [1.54, 1.807) is 6.08 Å². The van der Waals surface area contributed by atoms with Crippen molar-refractivity contribution < 1.29 is 37.1 Å². The number of rotatable bonds is 13. The minimum Gasteiger partial charge on any atom is -0.447 e. The maximum absolute atomic E-state index is 14.5. The van der Waals surface area contributed by atoms with Crippen LogP contribution < -0.4 is 5.32 Å². The molecule has 0 unspecified atom stereocenters. The molecule has 10 nitrogen and oxygen atoms in total. The molecule has 0 aromatic heterocycles. The Labute approximate surface area is 331 Å². The first-order valence-electron chi connectivity index (χ1n) is 20.1. The fraction of sp³-hybridized carbons (Fsp3) is 0.455. The molecular formula is C44H50F3N5O5. The number of ether oxygens (including phenoxy) is 1. The van der Waals surface area contributed by atoms with Crippen LogP contribution in [0.5, 0.6) is 0 Å². The molecule has 4 aliphatic rings. The summed E-state index contributed by atoms with van der Waals surface area (Å²) in [6.45, 7) is 3.56. The van der Waals surface area contributed by atoms with Crippen LogP contribution in [0.3, 0.4) is 0 Å². The number of nitrogens with zero attached hydrogens (tertiary/aromatic N) is 4. The van der Waals surface area contributed by atoms with Gasteiger partial charge in [0.15, 0.2) is 0 Å². The Morgan fingerprint density at radius 1 is 0.877 bits per heavy atom. The maximum atomic E-state index is 14.5. The number of hydrogen-bond acceptors (Lipinski definition) is 6. The minimum absolute atomic E-state index is 0.0176. The molecule has 0 spiro atoms. The van der Waals surface area contributed by atoms with Crippen LogP contribution in [0.4, 0.5) is 18.0 Å². The summed E-state index contributed by atoms with van der Waals surface area (Å²) in [7, 11) is 0. The topological polar surface area (TPSA) is 103 Å². The largest absolute Gasteiger partial charge is 0.447 e. The molecule has 3 heterocycles. The molecule has 1 saturated carbocycles. The molecule has 4 fully saturated rings. The summed E-state index contributed by atoms with van der Waals surface area (Å²) in [4.78, 5) is 62.8. The third-order valence-electron chi connectivity index (χ3n) is 11.8. The Kier molecular flexibility index (Phi) is 12.6. The van der Waals surface area contributed by atoms with Gasteiger partial charge in [-0.15, -0.1) is 0 Å². The molecule has 1 N–H and O–H groups in total. The lowest BCUT2D eigenvalue weighted by atomic mass is 9.87. The van der Waals surface area contributed by atoms with E-state index in [1.807, 2.05) is 71.6 Å². The van der Waals surface area contributed by atoms with E-state index in [0.29, 0.717) is 19.0 Å². The first-order valence-corrected chi connectivity index (χ1v) is 20.1. The van der Waals surface area contributed by atoms with Crippen LogP contribution in [-0.2, 0) is 31.8 Å². The molecule has 3 aliphatic heterocycles. The van der Waals surface area contributed by atoms with Gasteiger partial charge in [-0.2, -0.15) is 13.2 Å². The molecule has 0 bridgehead atoms. The molecule has 57 heavy (non-hydrogen) atoms. The third kappa shape index (κ3) is 9.52. The number of benzene rings is 3. The normalized spacial score (nSPS) is 22.7. The number of cyclic esters (lactones) is 1. The number of alkyl halides is 3. The molecule has 7 rings (SSSR count). The Hall–Kier alpha value is -5.17. The van der Waals surface area contributed by atoms with E-state index in [9.17, 15) is 32.3 Å². The van der Waals surface area contributed by atoms with Crippen molar-refractivity contribution in [2.45, 2.75) is 81.8 Å². The van der Waals surface area contributed by atoms with Crippen LogP contribution >= 0.6 is 0 Å². The summed E-state index contributed by atoms with van der Waals surface area (Å²) >= 11 is 0. The standard InChI is InChI=1S/C44H50F3N5O5/c45-44(46,47)35-18-10-15-33(27-35)28-48-41(54)37(21-22-39(53)50-25-23-49(24-26-50)29-32-13-6-2-7-14-32)51-36(20-19-31-11-4-1-5-12-31)40(42(51)55)52-38(30-57-43(52)56)34-16-8-3-9-17-34/h1,3-5,8-12,15-20,27,32,36-38,40H,2,6-7,13-14,21-26,28-30H2,(H,48,54)/b20-19+/t36-,37+,38-,40+/m1/s1. The number of halogens is 3. The van der Waals surface area contributed by atoms with E-state index in [1.165, 1.54) is 54.0 Å². The van der Waals surface area contributed by atoms with E-state index in [0.717, 1.165) is 42.9 Å². The van der Waals surface area contributed by atoms with Gasteiger partial charge in [0.25, 0.3) is 0 Å². The molecule has 3 aromatic carbocycles. The molecule has 3 aromatic rings. The van der Waals surface area contributed by atoms with Gasteiger partial charge in [-0.05, 0) is 54.0 Å². The first kappa shape index (κ1) is 40.0. The molecule has 4 amide bonds. The molecule has 4 atom stereocenters. The van der Waals surface area contributed by atoms with Crippen molar-refractivity contribution in [3.63, 3.8) is 0 Å². The molecule has 3 saturated heterocycles. The van der Waals surface area contributed by atoms with Crippen LogP contribution in [0, 0.1) is 5.92 Å². The molecule has 0 radical (unpaired) electrons. The number of amides is 4. The number of carbonyl (C=O) groups is 4. The maximum Gasteiger partial charge on any atom is 0.416 e. The van der Waals surface area contributed by atoms with Crippen molar-refractivity contribution in [1.29, 1.82) is 0 Å². The van der Waals surface area contributed by atoms with Crippen LogP contribution in [0.1, 0.15) is 73.2 Å². The number of likely N-dealkylation sites (tertiary alicyclic amines) is 1. The molecule has 13 heteroatoms. The Bertz CT molecular complexity index is 1900. The Morgan fingerprint density at radius 2 is 1.58 bits per heavy atom. The smallest absolute Gasteiger partial charge is 0.416 e. The van der Waals surface area contributed by atoms with Crippen molar-refractivity contribution in [2.75, 3.05) is 39.3 Å². The van der Waals surface area contributed by atoms with Gasteiger partial charge in [0.1, 0.15) is 18.7 Å². The van der Waals surface area contributed by atoms with Crippen LogP contribution in [0.2, 0.25) is 0 Å². The summed E-state index contributed by atoms with van der Waals surface area (Å²) in [6, 6.07) is 19.9. The highest BCUT2D eigenvalue weighted by atomic mass is 19.4. The highest BCUT2D eigenvalue weighted by Gasteiger charge is 2.58. The predicted octanol–water partition coefficient (Wildman–Crippen LogP) is 6.68. The number of β-lactam (4-membered cyclic amide) rings is 1. The van der Waals surface area contributed by atoms with Gasteiger partial charge in [0.2, 0.25) is 17.7 Å². The van der Waals surface area contributed by atoms with E-state index >= 15 is 0 Å². The van der Waals surface area contributed by atoms with Crippen molar-refractivity contribution in [3.8, 4) is 0 Å². The fourth-order valence-electron chi connectivity index (χ4n) is 8.70. The highest BCUT2D eigenvalue weighted by molar-refractivity contribution is 5.98. The molecule has 1 aliphatic carbocycles. The summed E-state index contributed by atoms with van der Waals surface area (Å²) in [6.07, 6.45) is 4.71. The van der Waals surface area contributed by atoms with Crippen molar-refractivity contribution in [3.05, 3.63) is 113 Å². The van der Waals surface area contributed by atoms with Crippen molar-refractivity contribution >= 4 is 29.9 Å². The Morgan fingerprint density at radius 3 is 2.28 bits per heavy atom. The van der Waals surface area contributed by atoms with E-state index < -0.39 is 53.8 Å². The second-order valence-corrected chi connectivity index (χ2v) is 15.5. The van der Waals surface area contributed by atoms with Crippen LogP contribution in [0.25, 0.3) is 6.08 Å². The quantitative estimate of drug-likeness (QED) is 0.194. The van der Waals surface area contributed by atoms with Gasteiger partial charge in [0, 0.05) is 45.7 Å². The zero-order valence-electron chi connectivity index (χ0n) is 32.0. The first-order chi connectivity index (χ1) is 27.6. The van der Waals surface area contributed by atoms with Gasteiger partial charge in [0.05, 0.1) is 17.6 Å². The summed E-state index contributed by atoms with van der Waals surface area (Å²) in [5.41, 5.74) is 1.02. The Balaban J connectivity index is 1.12.